The van der Waals surface area contributed by atoms with E-state index in [-0.39, 0.29) is 11.4 Å². The van der Waals surface area contributed by atoms with Crippen molar-refractivity contribution in [3.05, 3.63) is 29.6 Å². The molecule has 1 aliphatic rings. The summed E-state index contributed by atoms with van der Waals surface area (Å²) in [6.07, 6.45) is -1.49. The molecule has 0 aromatic heterocycles. The average molecular weight is 282 g/mol. The fourth-order valence-electron chi connectivity index (χ4n) is 2.33. The topological polar surface area (TPSA) is 55.7 Å². The van der Waals surface area contributed by atoms with Gasteiger partial charge in [-0.15, -0.1) is 0 Å². The van der Waals surface area contributed by atoms with Crippen molar-refractivity contribution in [1.29, 1.82) is 0 Å². The maximum Gasteiger partial charge on any atom is 0.123 e. The van der Waals surface area contributed by atoms with E-state index in [2.05, 4.69) is 26.1 Å². The van der Waals surface area contributed by atoms with E-state index in [9.17, 15) is 14.6 Å². The van der Waals surface area contributed by atoms with E-state index >= 15 is 0 Å². The van der Waals surface area contributed by atoms with E-state index in [4.69, 9.17) is 0 Å². The third-order valence-corrected chi connectivity index (χ3v) is 3.45. The predicted octanol–water partition coefficient (Wildman–Crippen LogP) is 1.26. The number of halogens is 1. The highest BCUT2D eigenvalue weighted by molar-refractivity contribution is 5.55. The Labute approximate surface area is 119 Å². The van der Waals surface area contributed by atoms with Crippen LogP contribution in [-0.2, 0) is 6.54 Å². The SMILES string of the molecule is CC(C)(C)NCc1cc(F)ccc1N1CC(O)C(O)C1. The molecule has 0 bridgehead atoms. The number of nitrogens with zero attached hydrogens (tertiary/aromatic N) is 1. The number of nitrogens with one attached hydrogen (secondary N) is 1. The maximum absolute atomic E-state index is 13.5. The van der Waals surface area contributed by atoms with Crippen LogP contribution in [0.1, 0.15) is 26.3 Å². The first-order valence-corrected chi connectivity index (χ1v) is 6.91. The van der Waals surface area contributed by atoms with Gasteiger partial charge in [0.25, 0.3) is 0 Å². The van der Waals surface area contributed by atoms with Crippen molar-refractivity contribution in [1.82, 2.24) is 5.32 Å². The van der Waals surface area contributed by atoms with Gasteiger partial charge in [0.2, 0.25) is 0 Å². The van der Waals surface area contributed by atoms with Crippen LogP contribution < -0.4 is 10.2 Å². The molecule has 4 nitrogen and oxygen atoms in total. The summed E-state index contributed by atoms with van der Waals surface area (Å²) in [4.78, 5) is 1.90. The summed E-state index contributed by atoms with van der Waals surface area (Å²) >= 11 is 0. The molecule has 112 valence electrons. The second kappa shape index (κ2) is 5.68. The van der Waals surface area contributed by atoms with E-state index in [1.165, 1.54) is 12.1 Å². The lowest BCUT2D eigenvalue weighted by Gasteiger charge is -2.25. The van der Waals surface area contributed by atoms with Crippen LogP contribution in [-0.4, -0.2) is 41.0 Å². The number of benzene rings is 1. The van der Waals surface area contributed by atoms with Crippen LogP contribution in [0.3, 0.4) is 0 Å². The zero-order valence-electron chi connectivity index (χ0n) is 12.2. The largest absolute Gasteiger partial charge is 0.389 e. The van der Waals surface area contributed by atoms with Crippen LogP contribution in [0, 0.1) is 5.82 Å². The molecule has 0 aliphatic carbocycles. The van der Waals surface area contributed by atoms with Gasteiger partial charge in [-0.05, 0) is 44.5 Å². The van der Waals surface area contributed by atoms with Gasteiger partial charge in [0, 0.05) is 30.9 Å². The molecule has 1 heterocycles. The summed E-state index contributed by atoms with van der Waals surface area (Å²) in [5.74, 6) is -0.278. The minimum Gasteiger partial charge on any atom is -0.389 e. The summed E-state index contributed by atoms with van der Waals surface area (Å²) in [7, 11) is 0. The third-order valence-electron chi connectivity index (χ3n) is 3.45. The van der Waals surface area contributed by atoms with Crippen LogP contribution >= 0.6 is 0 Å². The minimum atomic E-state index is -0.747. The van der Waals surface area contributed by atoms with E-state index in [1.54, 1.807) is 6.07 Å². The van der Waals surface area contributed by atoms with Crippen molar-refractivity contribution in [3.8, 4) is 0 Å². The van der Waals surface area contributed by atoms with Gasteiger partial charge in [0.1, 0.15) is 5.82 Å². The number of hydrogen-bond donors (Lipinski definition) is 3. The van der Waals surface area contributed by atoms with Crippen LogP contribution in [0.4, 0.5) is 10.1 Å². The molecule has 2 rings (SSSR count). The Bertz CT molecular complexity index is 463. The molecule has 1 saturated heterocycles. The van der Waals surface area contributed by atoms with Crippen molar-refractivity contribution in [2.75, 3.05) is 18.0 Å². The summed E-state index contributed by atoms with van der Waals surface area (Å²) < 4.78 is 13.5. The summed E-state index contributed by atoms with van der Waals surface area (Å²) in [6, 6.07) is 4.62. The molecule has 1 aliphatic heterocycles. The van der Waals surface area contributed by atoms with Gasteiger partial charge in [-0.25, -0.2) is 4.39 Å². The molecular formula is C15H23FN2O2. The van der Waals surface area contributed by atoms with Gasteiger partial charge >= 0.3 is 0 Å². The van der Waals surface area contributed by atoms with Gasteiger partial charge in [-0.1, -0.05) is 0 Å². The first-order valence-electron chi connectivity index (χ1n) is 6.91. The fraction of sp³-hybridized carbons (Fsp3) is 0.600. The van der Waals surface area contributed by atoms with Crippen molar-refractivity contribution in [2.24, 2.45) is 0 Å². The summed E-state index contributed by atoms with van der Waals surface area (Å²) in [6.45, 7) is 7.43. The van der Waals surface area contributed by atoms with Crippen LogP contribution in [0.15, 0.2) is 18.2 Å². The zero-order valence-corrected chi connectivity index (χ0v) is 12.2. The number of anilines is 1. The number of aliphatic hydroxyl groups excluding tert-OH is 2. The average Bonchev–Trinajstić information content (AvgIpc) is 2.66. The highest BCUT2D eigenvalue weighted by atomic mass is 19.1. The molecule has 0 radical (unpaired) electrons. The standard InChI is InChI=1S/C15H23FN2O2/c1-15(2,3)17-7-10-6-11(16)4-5-12(10)18-8-13(19)14(20)9-18/h4-6,13-14,17,19-20H,7-9H2,1-3H3. The van der Waals surface area contributed by atoms with E-state index in [0.717, 1.165) is 11.3 Å². The molecular weight excluding hydrogens is 259 g/mol. The molecule has 2 atom stereocenters. The normalized spacial score (nSPS) is 23.4. The smallest absolute Gasteiger partial charge is 0.123 e. The van der Waals surface area contributed by atoms with Gasteiger partial charge in [0.05, 0.1) is 12.2 Å². The highest BCUT2D eigenvalue weighted by Gasteiger charge is 2.30. The second-order valence-electron chi connectivity index (χ2n) is 6.42. The molecule has 2 unspecified atom stereocenters. The zero-order chi connectivity index (χ0) is 14.9. The lowest BCUT2D eigenvalue weighted by Crippen LogP contribution is -2.35. The van der Waals surface area contributed by atoms with Crippen LogP contribution in [0.2, 0.25) is 0 Å². The Balaban J connectivity index is 2.20. The van der Waals surface area contributed by atoms with Crippen molar-refractivity contribution in [3.63, 3.8) is 0 Å². The monoisotopic (exact) mass is 282 g/mol. The summed E-state index contributed by atoms with van der Waals surface area (Å²) in [5, 5.41) is 22.6. The molecule has 5 heteroatoms. The molecule has 20 heavy (non-hydrogen) atoms. The number of rotatable bonds is 3. The summed E-state index contributed by atoms with van der Waals surface area (Å²) in [5.41, 5.74) is 1.63. The Hall–Kier alpha value is -1.17. The predicted molar refractivity (Wildman–Crippen MR) is 77.2 cm³/mol. The minimum absolute atomic E-state index is 0.0619. The number of aliphatic hydroxyl groups is 2. The van der Waals surface area contributed by atoms with Gasteiger partial charge < -0.3 is 20.4 Å². The quantitative estimate of drug-likeness (QED) is 0.781. The maximum atomic E-state index is 13.5. The van der Waals surface area contributed by atoms with Crippen molar-refractivity contribution in [2.45, 2.75) is 45.1 Å². The van der Waals surface area contributed by atoms with Gasteiger partial charge in [0.15, 0.2) is 0 Å². The van der Waals surface area contributed by atoms with Crippen molar-refractivity contribution >= 4 is 5.69 Å². The molecule has 0 spiro atoms. The first-order chi connectivity index (χ1) is 9.26. The fourth-order valence-corrected chi connectivity index (χ4v) is 2.33. The highest BCUT2D eigenvalue weighted by Crippen LogP contribution is 2.26. The number of β-amino-alcohol motifs (C(OH)–C–C–N with tert-alkyl or cyclic N) is 2. The van der Waals surface area contributed by atoms with Gasteiger partial charge in [-0.2, -0.15) is 0 Å². The Kier molecular flexibility index (Phi) is 4.32. The van der Waals surface area contributed by atoms with Gasteiger partial charge in [-0.3, -0.25) is 0 Å². The Morgan fingerprint density at radius 1 is 1.25 bits per heavy atom. The Morgan fingerprint density at radius 2 is 1.85 bits per heavy atom. The molecule has 1 aromatic rings. The van der Waals surface area contributed by atoms with E-state index in [1.807, 2.05) is 4.90 Å². The van der Waals surface area contributed by atoms with Crippen LogP contribution in [0.5, 0.6) is 0 Å². The molecule has 1 fully saturated rings. The lowest BCUT2D eigenvalue weighted by molar-refractivity contribution is 0.0572. The Morgan fingerprint density at radius 3 is 2.40 bits per heavy atom. The second-order valence-corrected chi connectivity index (χ2v) is 6.42. The molecule has 0 amide bonds. The lowest BCUT2D eigenvalue weighted by atomic mass is 10.1. The third kappa shape index (κ3) is 3.69. The molecule has 0 saturated carbocycles. The molecule has 1 aromatic carbocycles. The first kappa shape index (κ1) is 15.2. The van der Waals surface area contributed by atoms with Crippen molar-refractivity contribution < 1.29 is 14.6 Å². The molecule has 3 N–H and O–H groups in total. The van der Waals surface area contributed by atoms with E-state index in [0.29, 0.717) is 19.6 Å². The van der Waals surface area contributed by atoms with Crippen LogP contribution in [0.25, 0.3) is 0 Å². The van der Waals surface area contributed by atoms with E-state index < -0.39 is 12.2 Å². The number of hydrogen-bond acceptors (Lipinski definition) is 4.